The molecule has 0 aliphatic carbocycles. The van der Waals surface area contributed by atoms with Crippen LogP contribution in [0.5, 0.6) is 0 Å². The number of hydrogen-bond acceptors (Lipinski definition) is 3. The van der Waals surface area contributed by atoms with Crippen LogP contribution in [0.1, 0.15) is 19.3 Å². The molecule has 2 saturated heterocycles. The van der Waals surface area contributed by atoms with Gasteiger partial charge in [0.2, 0.25) is 0 Å². The molecule has 2 aliphatic heterocycles. The summed E-state index contributed by atoms with van der Waals surface area (Å²) in [6, 6.07) is 0.678. The van der Waals surface area contributed by atoms with Crippen molar-refractivity contribution in [1.82, 2.24) is 10.2 Å². The molecule has 0 radical (unpaired) electrons. The van der Waals surface area contributed by atoms with Gasteiger partial charge in [0.15, 0.2) is 0 Å². The molecule has 0 saturated carbocycles. The highest BCUT2D eigenvalue weighted by Crippen LogP contribution is 2.16. The van der Waals surface area contributed by atoms with Crippen molar-refractivity contribution < 1.29 is 4.74 Å². The van der Waals surface area contributed by atoms with Crippen LogP contribution in [0, 0.1) is 5.92 Å². The molecule has 2 fully saturated rings. The molecule has 2 atom stereocenters. The fourth-order valence-electron chi connectivity index (χ4n) is 2.51. The van der Waals surface area contributed by atoms with Crippen molar-refractivity contribution in [2.24, 2.45) is 5.92 Å². The average Bonchev–Trinajstić information content (AvgIpc) is 2.72. The maximum absolute atomic E-state index is 5.41. The van der Waals surface area contributed by atoms with Crippen molar-refractivity contribution >= 4 is 0 Å². The molecule has 2 heterocycles. The largest absolute Gasteiger partial charge is 0.380 e. The Morgan fingerprint density at radius 2 is 2.36 bits per heavy atom. The van der Waals surface area contributed by atoms with Crippen molar-refractivity contribution in [3.63, 3.8) is 0 Å². The van der Waals surface area contributed by atoms with Crippen LogP contribution in [0.3, 0.4) is 0 Å². The zero-order valence-corrected chi connectivity index (χ0v) is 9.17. The van der Waals surface area contributed by atoms with Crippen LogP contribution in [0.4, 0.5) is 0 Å². The van der Waals surface area contributed by atoms with Crippen molar-refractivity contribution in [3.8, 4) is 0 Å². The molecule has 2 aliphatic rings. The van der Waals surface area contributed by atoms with E-state index in [0.29, 0.717) is 6.04 Å². The highest BCUT2D eigenvalue weighted by molar-refractivity contribution is 4.77. The lowest BCUT2D eigenvalue weighted by Gasteiger charge is -2.30. The van der Waals surface area contributed by atoms with E-state index < -0.39 is 0 Å². The van der Waals surface area contributed by atoms with Crippen molar-refractivity contribution in [2.45, 2.75) is 25.3 Å². The predicted molar refractivity (Wildman–Crippen MR) is 57.4 cm³/mol. The lowest BCUT2D eigenvalue weighted by atomic mass is 9.98. The molecule has 0 aromatic carbocycles. The quantitative estimate of drug-likeness (QED) is 0.723. The highest BCUT2D eigenvalue weighted by Gasteiger charge is 2.23. The predicted octanol–water partition coefficient (Wildman–Crippen LogP) is 0.707. The molecule has 1 N–H and O–H groups in total. The van der Waals surface area contributed by atoms with Gasteiger partial charge in [0.25, 0.3) is 0 Å². The minimum absolute atomic E-state index is 0.678. The molecular weight excluding hydrogens is 176 g/mol. The maximum Gasteiger partial charge on any atom is 0.0622 e. The Labute approximate surface area is 86.8 Å². The summed E-state index contributed by atoms with van der Waals surface area (Å²) in [6.07, 6.45) is 3.96. The van der Waals surface area contributed by atoms with Gasteiger partial charge in [-0.3, -0.25) is 0 Å². The normalized spacial score (nSPS) is 33.9. The number of piperidine rings is 1. The van der Waals surface area contributed by atoms with Gasteiger partial charge in [0.1, 0.15) is 0 Å². The minimum Gasteiger partial charge on any atom is -0.380 e. The minimum atomic E-state index is 0.678. The smallest absolute Gasteiger partial charge is 0.0622 e. The van der Waals surface area contributed by atoms with Crippen LogP contribution < -0.4 is 5.32 Å². The summed E-state index contributed by atoms with van der Waals surface area (Å²) in [5.41, 5.74) is 0. The third-order valence-corrected chi connectivity index (χ3v) is 3.47. The van der Waals surface area contributed by atoms with Gasteiger partial charge in [-0.15, -0.1) is 0 Å². The van der Waals surface area contributed by atoms with Gasteiger partial charge < -0.3 is 15.0 Å². The number of nitrogens with one attached hydrogen (secondary N) is 1. The van der Waals surface area contributed by atoms with Gasteiger partial charge in [-0.25, -0.2) is 0 Å². The van der Waals surface area contributed by atoms with Gasteiger partial charge in [-0.2, -0.15) is 0 Å². The first-order chi connectivity index (χ1) is 6.86. The Morgan fingerprint density at radius 1 is 1.43 bits per heavy atom. The second-order valence-corrected chi connectivity index (χ2v) is 4.67. The van der Waals surface area contributed by atoms with Gasteiger partial charge in [0.05, 0.1) is 6.61 Å². The second-order valence-electron chi connectivity index (χ2n) is 4.67. The summed E-state index contributed by atoms with van der Waals surface area (Å²) < 4.78 is 5.41. The van der Waals surface area contributed by atoms with E-state index in [1.807, 2.05) is 0 Å². The molecule has 3 nitrogen and oxygen atoms in total. The van der Waals surface area contributed by atoms with Crippen LogP contribution in [0.15, 0.2) is 0 Å². The Hall–Kier alpha value is -0.120. The number of rotatable bonds is 3. The number of nitrogens with zero attached hydrogens (tertiary/aromatic N) is 1. The molecule has 82 valence electrons. The van der Waals surface area contributed by atoms with Crippen molar-refractivity contribution in [3.05, 3.63) is 0 Å². The fraction of sp³-hybridized carbons (Fsp3) is 1.00. The molecule has 0 spiro atoms. The monoisotopic (exact) mass is 198 g/mol. The lowest BCUT2D eigenvalue weighted by Crippen LogP contribution is -2.41. The highest BCUT2D eigenvalue weighted by atomic mass is 16.5. The van der Waals surface area contributed by atoms with Gasteiger partial charge in [-0.1, -0.05) is 0 Å². The Balaban J connectivity index is 1.72. The van der Waals surface area contributed by atoms with E-state index in [1.54, 1.807) is 0 Å². The summed E-state index contributed by atoms with van der Waals surface area (Å²) >= 11 is 0. The first-order valence-corrected chi connectivity index (χ1v) is 5.85. The van der Waals surface area contributed by atoms with E-state index in [1.165, 1.54) is 38.9 Å². The van der Waals surface area contributed by atoms with E-state index in [9.17, 15) is 0 Å². The van der Waals surface area contributed by atoms with E-state index >= 15 is 0 Å². The summed E-state index contributed by atoms with van der Waals surface area (Å²) in [5.74, 6) is 0.856. The molecule has 0 amide bonds. The topological polar surface area (TPSA) is 24.5 Å². The molecule has 2 unspecified atom stereocenters. The Bertz CT molecular complexity index is 163. The Kier molecular flexibility index (Phi) is 3.79. The summed E-state index contributed by atoms with van der Waals surface area (Å²) in [7, 11) is 2.24. The lowest BCUT2D eigenvalue weighted by molar-refractivity contribution is 0.144. The van der Waals surface area contributed by atoms with Gasteiger partial charge in [-0.05, 0) is 45.3 Å². The number of hydrogen-bond donors (Lipinski definition) is 1. The van der Waals surface area contributed by atoms with E-state index in [4.69, 9.17) is 4.74 Å². The number of ether oxygens (including phenoxy) is 1. The first kappa shape index (κ1) is 10.4. The van der Waals surface area contributed by atoms with Gasteiger partial charge >= 0.3 is 0 Å². The SMILES string of the molecule is CN(CC1CCCNC1)C1CCOC1. The summed E-state index contributed by atoms with van der Waals surface area (Å²) in [4.78, 5) is 2.49. The van der Waals surface area contributed by atoms with Crippen LogP contribution in [-0.2, 0) is 4.74 Å². The molecule has 2 rings (SSSR count). The second kappa shape index (κ2) is 5.10. The molecule has 14 heavy (non-hydrogen) atoms. The molecular formula is C11H22N2O. The van der Waals surface area contributed by atoms with E-state index in [0.717, 1.165) is 19.1 Å². The van der Waals surface area contributed by atoms with Crippen LogP contribution in [-0.4, -0.2) is 50.8 Å². The summed E-state index contributed by atoms with van der Waals surface area (Å²) in [6.45, 7) is 5.56. The first-order valence-electron chi connectivity index (χ1n) is 5.85. The zero-order chi connectivity index (χ0) is 9.80. The molecule has 0 aromatic heterocycles. The van der Waals surface area contributed by atoms with Crippen LogP contribution in [0.25, 0.3) is 0 Å². The molecule has 3 heteroatoms. The standard InChI is InChI=1S/C11H22N2O/c1-13(11-4-6-14-9-11)8-10-3-2-5-12-7-10/h10-12H,2-9H2,1H3. The fourth-order valence-corrected chi connectivity index (χ4v) is 2.51. The Morgan fingerprint density at radius 3 is 3.00 bits per heavy atom. The molecule has 0 aromatic rings. The van der Waals surface area contributed by atoms with Crippen LogP contribution >= 0.6 is 0 Å². The van der Waals surface area contributed by atoms with Gasteiger partial charge in [0, 0.05) is 19.2 Å². The summed E-state index contributed by atoms with van der Waals surface area (Å²) in [5, 5.41) is 3.47. The van der Waals surface area contributed by atoms with Crippen molar-refractivity contribution in [1.29, 1.82) is 0 Å². The van der Waals surface area contributed by atoms with E-state index in [-0.39, 0.29) is 0 Å². The zero-order valence-electron chi connectivity index (χ0n) is 9.17. The average molecular weight is 198 g/mol. The van der Waals surface area contributed by atoms with E-state index in [2.05, 4.69) is 17.3 Å². The third kappa shape index (κ3) is 2.69. The van der Waals surface area contributed by atoms with Crippen molar-refractivity contribution in [2.75, 3.05) is 39.9 Å². The maximum atomic E-state index is 5.41. The molecule has 0 bridgehead atoms. The number of likely N-dealkylation sites (N-methyl/N-ethyl adjacent to an activating group) is 1. The van der Waals surface area contributed by atoms with Crippen LogP contribution in [0.2, 0.25) is 0 Å². The third-order valence-electron chi connectivity index (χ3n) is 3.47.